The fourth-order valence-electron chi connectivity index (χ4n) is 19.0. The molecule has 384 valence electrons. The topological polar surface area (TPSA) is 75.6 Å². The molecule has 0 aromatic heterocycles. The highest BCUT2D eigenvalue weighted by molar-refractivity contribution is 5.16. The molecule has 9 saturated carbocycles. The third kappa shape index (κ3) is 7.17. The first-order chi connectivity index (χ1) is 32.1. The molecule has 0 amide bonds. The second-order valence-corrected chi connectivity index (χ2v) is 27.6. The maximum atomic E-state index is 9.81. The van der Waals surface area contributed by atoms with Crippen LogP contribution >= 0.6 is 0 Å². The van der Waals surface area contributed by atoms with Gasteiger partial charge in [0.15, 0.2) is 11.6 Å². The molecule has 12 aliphatic rings. The van der Waals surface area contributed by atoms with Gasteiger partial charge in [0.1, 0.15) is 6.42 Å². The number of fused-ring (bicyclic) bond motifs is 9. The van der Waals surface area contributed by atoms with E-state index >= 15 is 0 Å². The van der Waals surface area contributed by atoms with Gasteiger partial charge in [-0.1, -0.05) is 80.5 Å². The van der Waals surface area contributed by atoms with Gasteiger partial charge in [0.25, 0.3) is 0 Å². The molecule has 5 unspecified atom stereocenters. The molecule has 0 aromatic carbocycles. The third-order valence-electron chi connectivity index (χ3n) is 25.3. The number of ether oxygens (including phenoxy) is 6. The van der Waals surface area contributed by atoms with E-state index in [1.807, 2.05) is 12.7 Å². The summed E-state index contributed by atoms with van der Waals surface area (Å²) in [5.74, 6) is 1.49. The molecular weight excluding hydrogens is 845 g/mol. The highest BCUT2D eigenvalue weighted by atomic mass is 16.7. The molecule has 12 rings (SSSR count). The Bertz CT molecular complexity index is 1740. The van der Waals surface area contributed by atoms with Crippen molar-refractivity contribution >= 4 is 0 Å². The minimum atomic E-state index is -0.332. The van der Waals surface area contributed by atoms with Gasteiger partial charge in [-0.3, -0.25) is 0 Å². The molecule has 0 radical (unpaired) electrons. The fourth-order valence-corrected chi connectivity index (χ4v) is 19.0. The Morgan fingerprint density at radius 2 is 0.912 bits per heavy atom. The van der Waals surface area contributed by atoms with Crippen molar-refractivity contribution in [3.05, 3.63) is 44.6 Å². The minimum Gasteiger partial charge on any atom is -0.393 e. The van der Waals surface area contributed by atoms with E-state index in [0.717, 1.165) is 95.2 Å². The molecule has 1 N–H and O–H groups in total. The highest BCUT2D eigenvalue weighted by Crippen LogP contribution is 2.71. The molecule has 0 spiro atoms. The van der Waals surface area contributed by atoms with Gasteiger partial charge in [-0.25, -0.2) is 0 Å². The van der Waals surface area contributed by atoms with Gasteiger partial charge in [-0.2, -0.15) is 4.74 Å². The van der Waals surface area contributed by atoms with Crippen LogP contribution in [0.4, 0.5) is 0 Å². The largest absolute Gasteiger partial charge is 0.393 e. The van der Waals surface area contributed by atoms with Gasteiger partial charge in [0, 0.05) is 37.2 Å². The summed E-state index contributed by atoms with van der Waals surface area (Å²) in [4.78, 5) is 0. The number of aliphatic hydroxyl groups excluding tert-OH is 1. The van der Waals surface area contributed by atoms with Gasteiger partial charge in [0.05, 0.1) is 36.9 Å². The number of aliphatic hydroxyl groups is 1. The first-order valence-electron chi connectivity index (χ1n) is 28.2. The lowest BCUT2D eigenvalue weighted by Crippen LogP contribution is -2.49. The maximum absolute atomic E-state index is 9.81. The average molecular weight is 944 g/mol. The Balaban J connectivity index is 0.000000118. The van der Waals surface area contributed by atoms with Gasteiger partial charge >= 0.3 is 0 Å². The van der Waals surface area contributed by atoms with E-state index in [-0.39, 0.29) is 45.1 Å². The Morgan fingerprint density at radius 1 is 0.515 bits per heavy atom. The van der Waals surface area contributed by atoms with Crippen LogP contribution in [0.2, 0.25) is 0 Å². The van der Waals surface area contributed by atoms with Crippen LogP contribution in [-0.4, -0.2) is 61.1 Å². The zero-order chi connectivity index (χ0) is 48.9. The maximum Gasteiger partial charge on any atom is 0.232 e. The van der Waals surface area contributed by atoms with Gasteiger partial charge in [-0.05, 0) is 179 Å². The van der Waals surface area contributed by atoms with Crippen LogP contribution in [-0.2, 0) is 28.4 Å². The summed E-state index contributed by atoms with van der Waals surface area (Å²) in [6, 6.07) is 0. The first-order valence-corrected chi connectivity index (χ1v) is 28.2. The summed E-state index contributed by atoms with van der Waals surface area (Å²) in [5, 5.41) is 9.81. The molecule has 0 aromatic rings. The number of methoxy groups -OCH3 is 1. The van der Waals surface area contributed by atoms with Crippen LogP contribution in [0.1, 0.15) is 216 Å². The van der Waals surface area contributed by atoms with Crippen LogP contribution in [0.3, 0.4) is 0 Å². The normalized spacial score (nSPS) is 50.6. The van der Waals surface area contributed by atoms with Crippen LogP contribution in [0.15, 0.2) is 38.0 Å². The first kappa shape index (κ1) is 51.7. The van der Waals surface area contributed by atoms with E-state index in [9.17, 15) is 5.11 Å². The molecule has 15 atom stereocenters. The van der Waals surface area contributed by atoms with E-state index in [1.54, 1.807) is 7.11 Å². The van der Waals surface area contributed by atoms with Gasteiger partial charge in [-0.15, -0.1) is 19.7 Å². The average Bonchev–Trinajstić information content (AvgIpc) is 4.20. The number of hydrogen-bond acceptors (Lipinski definition) is 7. The predicted octanol–water partition coefficient (Wildman–Crippen LogP) is 15.0. The van der Waals surface area contributed by atoms with E-state index in [4.69, 9.17) is 28.4 Å². The second kappa shape index (κ2) is 17.7. The van der Waals surface area contributed by atoms with Crippen LogP contribution in [0.25, 0.3) is 0 Å². The lowest BCUT2D eigenvalue weighted by molar-refractivity contribution is -0.286. The Hall–Kier alpha value is -1.19. The Morgan fingerprint density at radius 3 is 1.25 bits per heavy atom. The molecule has 9 aliphatic carbocycles. The molecule has 3 saturated heterocycles. The zero-order valence-corrected chi connectivity index (χ0v) is 45.2. The van der Waals surface area contributed by atoms with Crippen LogP contribution < -0.4 is 0 Å². The molecule has 6 bridgehead atoms. The quantitative estimate of drug-likeness (QED) is 0.163. The summed E-state index contributed by atoms with van der Waals surface area (Å²) in [6.45, 7) is 37.2. The Labute approximate surface area is 415 Å². The van der Waals surface area contributed by atoms with Crippen molar-refractivity contribution in [2.45, 2.75) is 252 Å². The van der Waals surface area contributed by atoms with Crippen molar-refractivity contribution in [2.24, 2.45) is 66.5 Å². The van der Waals surface area contributed by atoms with Crippen molar-refractivity contribution in [1.29, 1.82) is 0 Å². The fraction of sp³-hybridized carbons (Fsp3) is 0.885. The van der Waals surface area contributed by atoms with Gasteiger partial charge in [0.2, 0.25) is 12.4 Å². The highest BCUT2D eigenvalue weighted by Gasteiger charge is 2.70. The van der Waals surface area contributed by atoms with E-state index in [1.165, 1.54) is 89.9 Å². The lowest BCUT2D eigenvalue weighted by Gasteiger charge is -2.46. The number of rotatable bonds is 11. The molecule has 3 heterocycles. The minimum absolute atomic E-state index is 0.0313. The van der Waals surface area contributed by atoms with E-state index in [2.05, 4.69) is 94.2 Å². The van der Waals surface area contributed by atoms with Crippen molar-refractivity contribution in [3.63, 3.8) is 0 Å². The summed E-state index contributed by atoms with van der Waals surface area (Å²) in [5.41, 5.74) is 2.66. The molecule has 68 heavy (non-hydrogen) atoms. The SMILES string of the molecule is C=CCC12C[CH+]OC1(OC)CCC2.C=CC[C@@]12CCC[C@]1(O[C@@H]1CC3CC[C@]1(C)C3(C)C)OCC2.C=CC[C@]12CCC[C@@]1(O[C@@H]1CC3CC[C@]1(C)C3(C)C)OCC2.CC1(C)C2CC[C@@]1(C)[C@H](O)C2. The standard InChI is InChI=1S/2C20H32O2.C11H17O2.C10H18O/c2*1-5-8-19-9-6-10-20(19,21-13-12-19)22-16-14-15-7-11-18(16,4)17(15,2)3;1-3-5-10-6-4-7-11(10,12-2)13-9-8-10;1-9(2)7-4-5-10(9,3)8(11)6-7/h2*5,15-16H,1,6-14H2,2-4H3;3,9H,1,4-8H2,2H3;7-8,11H,4-6H2,1-3H3/q;;+1;/t15?,16-,18+,19+,20-;15?,16-,18+,19-,20+;;7?,8-,10+/m11.1/s1. The third-order valence-corrected chi connectivity index (χ3v) is 25.3. The second-order valence-electron chi connectivity index (χ2n) is 27.6. The molecular formula is C61H99O7+. The van der Waals surface area contributed by atoms with Crippen molar-refractivity contribution in [3.8, 4) is 0 Å². The van der Waals surface area contributed by atoms with Crippen LogP contribution in [0.5, 0.6) is 0 Å². The van der Waals surface area contributed by atoms with Crippen molar-refractivity contribution < 1.29 is 33.5 Å². The summed E-state index contributed by atoms with van der Waals surface area (Å²) >= 11 is 0. The lowest BCUT2D eigenvalue weighted by atomic mass is 9.69. The van der Waals surface area contributed by atoms with Crippen LogP contribution in [0, 0.1) is 73.1 Å². The molecule has 3 aliphatic heterocycles. The van der Waals surface area contributed by atoms with Crippen molar-refractivity contribution in [2.75, 3.05) is 20.3 Å². The number of allylic oxidation sites excluding steroid dienone is 3. The zero-order valence-electron chi connectivity index (χ0n) is 45.2. The summed E-state index contributed by atoms with van der Waals surface area (Å²) in [6.07, 6.45) is 35.3. The van der Waals surface area contributed by atoms with Crippen molar-refractivity contribution in [1.82, 2.24) is 0 Å². The molecule has 7 heteroatoms. The van der Waals surface area contributed by atoms with E-state index < -0.39 is 0 Å². The summed E-state index contributed by atoms with van der Waals surface area (Å²) < 4.78 is 37.8. The monoisotopic (exact) mass is 944 g/mol. The number of hydrogen-bond donors (Lipinski definition) is 1. The van der Waals surface area contributed by atoms with Gasteiger partial charge < -0.3 is 28.8 Å². The summed E-state index contributed by atoms with van der Waals surface area (Å²) in [7, 11) is 1.75. The smallest absolute Gasteiger partial charge is 0.232 e. The predicted molar refractivity (Wildman–Crippen MR) is 273 cm³/mol. The molecule has 12 fully saturated rings. The van der Waals surface area contributed by atoms with E-state index in [0.29, 0.717) is 39.3 Å². The molecule has 7 nitrogen and oxygen atoms in total. The Kier molecular flexibility index (Phi) is 13.5.